The van der Waals surface area contributed by atoms with E-state index in [1.54, 1.807) is 6.33 Å². The Morgan fingerprint density at radius 1 is 1.20 bits per heavy atom. The molecule has 1 heterocycles. The summed E-state index contributed by atoms with van der Waals surface area (Å²) in [5, 5.41) is 0. The first kappa shape index (κ1) is 9.65. The maximum atomic E-state index is 10.6. The first-order valence-electron chi connectivity index (χ1n) is 4.91. The highest BCUT2D eigenvalue weighted by molar-refractivity contribution is 5.73. The van der Waals surface area contributed by atoms with Gasteiger partial charge in [0.05, 0.1) is 6.33 Å². The summed E-state index contributed by atoms with van der Waals surface area (Å²) < 4.78 is 0. The number of carbonyl (C=O) groups excluding carboxylic acids is 1. The number of carbonyl (C=O) groups is 1. The largest absolute Gasteiger partial charge is 0.348 e. The van der Waals surface area contributed by atoms with E-state index >= 15 is 0 Å². The molecule has 76 valence electrons. The fourth-order valence-electron chi connectivity index (χ4n) is 1.55. The van der Waals surface area contributed by atoms with Crippen molar-refractivity contribution in [3.63, 3.8) is 0 Å². The third kappa shape index (κ3) is 2.31. The number of H-pyrrole nitrogens is 1. The summed E-state index contributed by atoms with van der Waals surface area (Å²) in [4.78, 5) is 17.5. The third-order valence-electron chi connectivity index (χ3n) is 2.37. The van der Waals surface area contributed by atoms with E-state index in [2.05, 4.69) is 22.1 Å². The van der Waals surface area contributed by atoms with E-state index in [9.17, 15) is 4.79 Å². The van der Waals surface area contributed by atoms with E-state index in [1.165, 1.54) is 5.56 Å². The van der Waals surface area contributed by atoms with Crippen LogP contribution in [0, 0.1) is 0 Å². The van der Waals surface area contributed by atoms with Crippen LogP contribution in [0.1, 0.15) is 21.7 Å². The molecule has 15 heavy (non-hydrogen) atoms. The molecule has 3 nitrogen and oxygen atoms in total. The van der Waals surface area contributed by atoms with Crippen molar-refractivity contribution in [1.29, 1.82) is 0 Å². The first-order chi connectivity index (χ1) is 7.40. The van der Waals surface area contributed by atoms with Gasteiger partial charge in [0.25, 0.3) is 0 Å². The second-order valence-corrected chi connectivity index (χ2v) is 3.37. The molecule has 2 rings (SSSR count). The topological polar surface area (TPSA) is 45.8 Å². The molecule has 0 aliphatic carbocycles. The highest BCUT2D eigenvalue weighted by atomic mass is 16.1. The van der Waals surface area contributed by atoms with Gasteiger partial charge in [-0.25, -0.2) is 4.98 Å². The van der Waals surface area contributed by atoms with Gasteiger partial charge in [0.15, 0.2) is 6.29 Å². The van der Waals surface area contributed by atoms with Crippen molar-refractivity contribution in [2.75, 3.05) is 0 Å². The Morgan fingerprint density at radius 3 is 2.73 bits per heavy atom. The van der Waals surface area contributed by atoms with Crippen LogP contribution >= 0.6 is 0 Å². The van der Waals surface area contributed by atoms with E-state index < -0.39 is 0 Å². The Morgan fingerprint density at radius 2 is 2.00 bits per heavy atom. The molecule has 0 fully saturated rings. The predicted octanol–water partition coefficient (Wildman–Crippen LogP) is 2.01. The average Bonchev–Trinajstić information content (AvgIpc) is 2.75. The lowest BCUT2D eigenvalue weighted by atomic mass is 10.1. The van der Waals surface area contributed by atoms with Gasteiger partial charge in [-0.1, -0.05) is 30.3 Å². The summed E-state index contributed by atoms with van der Waals surface area (Å²) >= 11 is 0. The number of aromatic nitrogens is 2. The van der Waals surface area contributed by atoms with Crippen LogP contribution in [0.15, 0.2) is 36.7 Å². The number of aromatic amines is 1. The summed E-state index contributed by atoms with van der Waals surface area (Å²) in [5.74, 6) is 0. The molecular formula is C12H12N2O. The van der Waals surface area contributed by atoms with Crippen LogP contribution in [0.5, 0.6) is 0 Å². The average molecular weight is 200 g/mol. The Kier molecular flexibility index (Phi) is 2.93. The van der Waals surface area contributed by atoms with E-state index in [-0.39, 0.29) is 0 Å². The summed E-state index contributed by atoms with van der Waals surface area (Å²) in [6, 6.07) is 10.2. The lowest BCUT2D eigenvalue weighted by Gasteiger charge is -1.99. The fourth-order valence-corrected chi connectivity index (χ4v) is 1.55. The van der Waals surface area contributed by atoms with Gasteiger partial charge in [0, 0.05) is 5.69 Å². The van der Waals surface area contributed by atoms with Crippen LogP contribution in [0.25, 0.3) is 0 Å². The molecule has 1 N–H and O–H groups in total. The van der Waals surface area contributed by atoms with Crippen LogP contribution in [0.4, 0.5) is 0 Å². The molecule has 0 unspecified atom stereocenters. The molecule has 1 aromatic carbocycles. The van der Waals surface area contributed by atoms with Crippen LogP contribution < -0.4 is 0 Å². The Bertz CT molecular complexity index is 434. The van der Waals surface area contributed by atoms with Crippen molar-refractivity contribution in [3.05, 3.63) is 53.6 Å². The second kappa shape index (κ2) is 4.55. The summed E-state index contributed by atoms with van der Waals surface area (Å²) in [5.41, 5.74) is 2.70. The number of hydrogen-bond acceptors (Lipinski definition) is 2. The van der Waals surface area contributed by atoms with E-state index in [4.69, 9.17) is 0 Å². The van der Waals surface area contributed by atoms with Gasteiger partial charge >= 0.3 is 0 Å². The number of rotatable bonds is 4. The van der Waals surface area contributed by atoms with Gasteiger partial charge in [-0.15, -0.1) is 0 Å². The Labute approximate surface area is 88.2 Å². The standard InChI is InChI=1S/C12H12N2O/c15-8-12-11(13-9-14-12)7-6-10-4-2-1-3-5-10/h1-5,8-9H,6-7H2,(H,13,14). The van der Waals surface area contributed by atoms with Gasteiger partial charge < -0.3 is 4.98 Å². The van der Waals surface area contributed by atoms with E-state index in [1.807, 2.05) is 18.2 Å². The van der Waals surface area contributed by atoms with Crippen molar-refractivity contribution in [3.8, 4) is 0 Å². The molecule has 0 radical (unpaired) electrons. The lowest BCUT2D eigenvalue weighted by Crippen LogP contribution is -1.95. The minimum absolute atomic E-state index is 0.519. The number of benzene rings is 1. The van der Waals surface area contributed by atoms with E-state index in [0.29, 0.717) is 5.69 Å². The smallest absolute Gasteiger partial charge is 0.170 e. The Balaban J connectivity index is 2.02. The monoisotopic (exact) mass is 200 g/mol. The van der Waals surface area contributed by atoms with Crippen molar-refractivity contribution < 1.29 is 4.79 Å². The van der Waals surface area contributed by atoms with Crippen molar-refractivity contribution in [2.45, 2.75) is 12.8 Å². The molecule has 0 amide bonds. The molecule has 0 aliphatic rings. The SMILES string of the molecule is O=Cc1nc[nH]c1CCc1ccccc1. The maximum Gasteiger partial charge on any atom is 0.170 e. The van der Waals surface area contributed by atoms with Crippen LogP contribution in [0.2, 0.25) is 0 Å². The number of nitrogens with one attached hydrogen (secondary N) is 1. The predicted molar refractivity (Wildman–Crippen MR) is 57.8 cm³/mol. The van der Waals surface area contributed by atoms with Gasteiger partial charge in [-0.2, -0.15) is 0 Å². The van der Waals surface area contributed by atoms with Gasteiger partial charge in [-0.3, -0.25) is 4.79 Å². The number of hydrogen-bond donors (Lipinski definition) is 1. The molecule has 3 heteroatoms. The number of aldehydes is 1. The summed E-state index contributed by atoms with van der Waals surface area (Å²) in [7, 11) is 0. The quantitative estimate of drug-likeness (QED) is 0.767. The minimum atomic E-state index is 0.519. The fraction of sp³-hybridized carbons (Fsp3) is 0.167. The van der Waals surface area contributed by atoms with E-state index in [0.717, 1.165) is 24.8 Å². The van der Waals surface area contributed by atoms with Crippen molar-refractivity contribution >= 4 is 6.29 Å². The summed E-state index contributed by atoms with van der Waals surface area (Å²) in [6.45, 7) is 0. The highest BCUT2D eigenvalue weighted by Crippen LogP contribution is 2.06. The number of imidazole rings is 1. The Hall–Kier alpha value is -1.90. The molecule has 2 aromatic rings. The summed E-state index contributed by atoms with van der Waals surface area (Å²) in [6.07, 6.45) is 4.09. The molecule has 0 saturated carbocycles. The third-order valence-corrected chi connectivity index (χ3v) is 2.37. The lowest BCUT2D eigenvalue weighted by molar-refractivity contribution is 0.111. The first-order valence-corrected chi connectivity index (χ1v) is 4.91. The minimum Gasteiger partial charge on any atom is -0.348 e. The van der Waals surface area contributed by atoms with Crippen molar-refractivity contribution in [2.24, 2.45) is 0 Å². The molecule has 0 atom stereocenters. The highest BCUT2D eigenvalue weighted by Gasteiger charge is 2.03. The normalized spacial score (nSPS) is 10.1. The number of nitrogens with zero attached hydrogens (tertiary/aromatic N) is 1. The molecule has 0 spiro atoms. The van der Waals surface area contributed by atoms with Crippen LogP contribution in [-0.2, 0) is 12.8 Å². The van der Waals surface area contributed by atoms with Crippen LogP contribution in [-0.4, -0.2) is 16.3 Å². The number of aryl methyl sites for hydroxylation is 2. The van der Waals surface area contributed by atoms with Gasteiger partial charge in [0.1, 0.15) is 5.69 Å². The molecule has 0 aliphatic heterocycles. The molecule has 1 aromatic heterocycles. The molecule has 0 saturated heterocycles. The zero-order chi connectivity index (χ0) is 10.5. The maximum absolute atomic E-state index is 10.6. The second-order valence-electron chi connectivity index (χ2n) is 3.37. The van der Waals surface area contributed by atoms with Gasteiger partial charge in [-0.05, 0) is 18.4 Å². The zero-order valence-electron chi connectivity index (χ0n) is 8.31. The molecular weight excluding hydrogens is 188 g/mol. The zero-order valence-corrected chi connectivity index (χ0v) is 8.31. The van der Waals surface area contributed by atoms with Gasteiger partial charge in [0.2, 0.25) is 0 Å². The van der Waals surface area contributed by atoms with Crippen LogP contribution in [0.3, 0.4) is 0 Å². The molecule has 0 bridgehead atoms. The van der Waals surface area contributed by atoms with Crippen molar-refractivity contribution in [1.82, 2.24) is 9.97 Å².